The predicted molar refractivity (Wildman–Crippen MR) is 85.9 cm³/mol. The first-order chi connectivity index (χ1) is 10.1. The third-order valence-electron chi connectivity index (χ3n) is 3.91. The van der Waals surface area contributed by atoms with Crippen molar-refractivity contribution in [2.24, 2.45) is 7.05 Å². The normalized spacial score (nSPS) is 10.8. The molecule has 0 aliphatic heterocycles. The predicted octanol–water partition coefficient (Wildman–Crippen LogP) is 3.52. The molecule has 1 heterocycles. The van der Waals surface area contributed by atoms with Crippen LogP contribution in [0.3, 0.4) is 0 Å². The zero-order chi connectivity index (χ0) is 15.0. The summed E-state index contributed by atoms with van der Waals surface area (Å²) in [6.07, 6.45) is 0. The molecule has 0 spiro atoms. The van der Waals surface area contributed by atoms with E-state index in [-0.39, 0.29) is 5.56 Å². The van der Waals surface area contributed by atoms with Gasteiger partial charge in [-0.15, -0.1) is 0 Å². The number of methoxy groups -OCH3 is 1. The minimum absolute atomic E-state index is 0.0228. The molecule has 0 atom stereocenters. The average Bonchev–Trinajstić information content (AvgIpc) is 2.53. The molecule has 0 saturated carbocycles. The van der Waals surface area contributed by atoms with E-state index in [4.69, 9.17) is 4.74 Å². The summed E-state index contributed by atoms with van der Waals surface area (Å²) in [6, 6.07) is 15.8. The van der Waals surface area contributed by atoms with Crippen LogP contribution < -0.4 is 10.3 Å². The quantitative estimate of drug-likeness (QED) is 0.718. The molecule has 3 aromatic rings. The van der Waals surface area contributed by atoms with Crippen molar-refractivity contribution < 1.29 is 4.74 Å². The first kappa shape index (κ1) is 13.4. The fourth-order valence-electron chi connectivity index (χ4n) is 2.85. The maximum Gasteiger partial charge on any atom is 0.254 e. The molecule has 0 aliphatic rings. The van der Waals surface area contributed by atoms with Crippen molar-refractivity contribution in [3.05, 3.63) is 64.4 Å². The molecule has 0 amide bonds. The molecule has 0 radical (unpaired) electrons. The Hall–Kier alpha value is -2.55. The van der Waals surface area contributed by atoms with Gasteiger partial charge in [0.2, 0.25) is 0 Å². The van der Waals surface area contributed by atoms with Crippen molar-refractivity contribution in [2.45, 2.75) is 6.92 Å². The molecule has 3 heteroatoms. The van der Waals surface area contributed by atoms with E-state index < -0.39 is 0 Å². The van der Waals surface area contributed by atoms with Crippen molar-refractivity contribution in [3.63, 3.8) is 0 Å². The Labute approximate surface area is 123 Å². The number of nitrogens with zero attached hydrogens (tertiary/aromatic N) is 1. The number of pyridine rings is 1. The van der Waals surface area contributed by atoms with E-state index in [1.54, 1.807) is 11.7 Å². The number of hydrogen-bond donors (Lipinski definition) is 0. The number of fused-ring (bicyclic) bond motifs is 1. The SMILES string of the molecule is COc1ccccc1-c1c(C)c(=O)n(C)c2ccccc12. The van der Waals surface area contributed by atoms with Crippen LogP contribution in [0.15, 0.2) is 53.3 Å². The van der Waals surface area contributed by atoms with Crippen molar-refractivity contribution in [1.82, 2.24) is 4.57 Å². The maximum atomic E-state index is 12.5. The largest absolute Gasteiger partial charge is 0.496 e. The third-order valence-corrected chi connectivity index (χ3v) is 3.91. The highest BCUT2D eigenvalue weighted by Gasteiger charge is 2.16. The highest BCUT2D eigenvalue weighted by molar-refractivity contribution is 5.97. The Bertz CT molecular complexity index is 878. The Balaban J connectivity index is 2.51. The molecule has 0 fully saturated rings. The van der Waals surface area contributed by atoms with Gasteiger partial charge in [0.05, 0.1) is 12.6 Å². The van der Waals surface area contributed by atoms with Crippen LogP contribution in [0, 0.1) is 6.92 Å². The zero-order valence-electron chi connectivity index (χ0n) is 12.4. The van der Waals surface area contributed by atoms with Crippen LogP contribution in [0.1, 0.15) is 5.56 Å². The van der Waals surface area contributed by atoms with Gasteiger partial charge in [-0.25, -0.2) is 0 Å². The second kappa shape index (κ2) is 5.09. The van der Waals surface area contributed by atoms with Crippen LogP contribution >= 0.6 is 0 Å². The molecule has 3 rings (SSSR count). The number of hydrogen-bond acceptors (Lipinski definition) is 2. The van der Waals surface area contributed by atoms with Crippen LogP contribution in [-0.2, 0) is 7.05 Å². The van der Waals surface area contributed by atoms with E-state index in [1.165, 1.54) is 0 Å². The van der Waals surface area contributed by atoms with Gasteiger partial charge in [0.15, 0.2) is 0 Å². The number of benzene rings is 2. The highest BCUT2D eigenvalue weighted by Crippen LogP contribution is 2.35. The number of ether oxygens (including phenoxy) is 1. The number of aromatic nitrogens is 1. The van der Waals surface area contributed by atoms with Gasteiger partial charge in [-0.1, -0.05) is 36.4 Å². The summed E-state index contributed by atoms with van der Waals surface area (Å²) in [6.45, 7) is 1.87. The lowest BCUT2D eigenvalue weighted by molar-refractivity contribution is 0.416. The molecule has 0 aliphatic carbocycles. The number of aryl methyl sites for hydroxylation is 1. The number of rotatable bonds is 2. The van der Waals surface area contributed by atoms with Gasteiger partial charge in [0.25, 0.3) is 5.56 Å². The van der Waals surface area contributed by atoms with E-state index in [1.807, 2.05) is 62.5 Å². The molecular weight excluding hydrogens is 262 g/mol. The minimum atomic E-state index is 0.0228. The monoisotopic (exact) mass is 279 g/mol. The maximum absolute atomic E-state index is 12.5. The lowest BCUT2D eigenvalue weighted by Crippen LogP contribution is -2.20. The molecule has 2 aromatic carbocycles. The molecule has 21 heavy (non-hydrogen) atoms. The van der Waals surface area contributed by atoms with Gasteiger partial charge >= 0.3 is 0 Å². The van der Waals surface area contributed by atoms with Gasteiger partial charge in [0.1, 0.15) is 5.75 Å². The van der Waals surface area contributed by atoms with Crippen LogP contribution in [0.5, 0.6) is 5.75 Å². The molecule has 0 N–H and O–H groups in total. The molecule has 1 aromatic heterocycles. The summed E-state index contributed by atoms with van der Waals surface area (Å²) in [5.74, 6) is 0.777. The van der Waals surface area contributed by atoms with E-state index in [2.05, 4.69) is 0 Å². The first-order valence-corrected chi connectivity index (χ1v) is 6.87. The Morgan fingerprint density at radius 3 is 2.43 bits per heavy atom. The van der Waals surface area contributed by atoms with E-state index in [9.17, 15) is 4.79 Å². The van der Waals surface area contributed by atoms with Crippen molar-refractivity contribution in [3.8, 4) is 16.9 Å². The Morgan fingerprint density at radius 2 is 1.67 bits per heavy atom. The molecule has 0 bridgehead atoms. The highest BCUT2D eigenvalue weighted by atomic mass is 16.5. The summed E-state index contributed by atoms with van der Waals surface area (Å²) >= 11 is 0. The van der Waals surface area contributed by atoms with Gasteiger partial charge < -0.3 is 9.30 Å². The van der Waals surface area contributed by atoms with E-state index in [0.29, 0.717) is 0 Å². The zero-order valence-corrected chi connectivity index (χ0v) is 12.4. The summed E-state index contributed by atoms with van der Waals surface area (Å²) < 4.78 is 7.16. The molecule has 3 nitrogen and oxygen atoms in total. The van der Waals surface area contributed by atoms with Crippen LogP contribution in [-0.4, -0.2) is 11.7 Å². The van der Waals surface area contributed by atoms with Crippen molar-refractivity contribution in [1.29, 1.82) is 0 Å². The number of para-hydroxylation sites is 2. The van der Waals surface area contributed by atoms with Gasteiger partial charge in [-0.05, 0) is 19.1 Å². The van der Waals surface area contributed by atoms with Gasteiger partial charge in [-0.3, -0.25) is 4.79 Å². The second-order valence-electron chi connectivity index (χ2n) is 5.08. The standard InChI is InChI=1S/C18H17NO2/c1-12-17(14-9-5-7-11-16(14)21-3)13-8-4-6-10-15(13)19(2)18(12)20/h4-11H,1-3H3. The third kappa shape index (κ3) is 2.02. The fourth-order valence-corrected chi connectivity index (χ4v) is 2.85. The fraction of sp³-hybridized carbons (Fsp3) is 0.167. The van der Waals surface area contributed by atoms with Crippen LogP contribution in [0.2, 0.25) is 0 Å². The Kier molecular flexibility index (Phi) is 3.26. The first-order valence-electron chi connectivity index (χ1n) is 6.87. The van der Waals surface area contributed by atoms with Crippen LogP contribution in [0.25, 0.3) is 22.0 Å². The van der Waals surface area contributed by atoms with E-state index in [0.717, 1.165) is 33.3 Å². The lowest BCUT2D eigenvalue weighted by Gasteiger charge is -2.15. The topological polar surface area (TPSA) is 31.2 Å². The Morgan fingerprint density at radius 1 is 1.00 bits per heavy atom. The molecule has 0 unspecified atom stereocenters. The van der Waals surface area contributed by atoms with Gasteiger partial charge in [-0.2, -0.15) is 0 Å². The summed E-state index contributed by atoms with van der Waals surface area (Å²) in [5.41, 5.74) is 3.59. The van der Waals surface area contributed by atoms with Gasteiger partial charge in [0, 0.05) is 29.1 Å². The molecule has 0 saturated heterocycles. The van der Waals surface area contributed by atoms with Crippen molar-refractivity contribution >= 4 is 10.9 Å². The average molecular weight is 279 g/mol. The minimum Gasteiger partial charge on any atom is -0.496 e. The summed E-state index contributed by atoms with van der Waals surface area (Å²) in [4.78, 5) is 12.5. The smallest absolute Gasteiger partial charge is 0.254 e. The van der Waals surface area contributed by atoms with E-state index >= 15 is 0 Å². The molecule has 106 valence electrons. The summed E-state index contributed by atoms with van der Waals surface area (Å²) in [5, 5.41) is 1.06. The second-order valence-corrected chi connectivity index (χ2v) is 5.08. The lowest BCUT2D eigenvalue weighted by atomic mass is 9.96. The molecular formula is C18H17NO2. The van der Waals surface area contributed by atoms with Crippen molar-refractivity contribution in [2.75, 3.05) is 7.11 Å². The summed E-state index contributed by atoms with van der Waals surface area (Å²) in [7, 11) is 3.46. The van der Waals surface area contributed by atoms with Crippen LogP contribution in [0.4, 0.5) is 0 Å².